The van der Waals surface area contributed by atoms with Gasteiger partial charge in [-0.2, -0.15) is 13.2 Å². The van der Waals surface area contributed by atoms with E-state index in [1.54, 1.807) is 24.3 Å². The van der Waals surface area contributed by atoms with E-state index in [-0.39, 0.29) is 6.42 Å². The minimum absolute atomic E-state index is 0.206. The molecule has 1 atom stereocenters. The van der Waals surface area contributed by atoms with Gasteiger partial charge in [-0.1, -0.05) is 6.07 Å². The van der Waals surface area contributed by atoms with E-state index >= 15 is 0 Å². The molecule has 0 radical (unpaired) electrons. The predicted molar refractivity (Wildman–Crippen MR) is 113 cm³/mol. The number of ether oxygens (including phenoxy) is 1. The summed E-state index contributed by atoms with van der Waals surface area (Å²) >= 11 is 0. The molecule has 0 amide bonds. The number of halogens is 4. The Kier molecular flexibility index (Phi) is 5.45. The van der Waals surface area contributed by atoms with Crippen LogP contribution < -0.4 is 4.74 Å². The number of hydrogen-bond donors (Lipinski definition) is 0. The molecule has 3 nitrogen and oxygen atoms in total. The zero-order chi connectivity index (χ0) is 22.2. The molecule has 1 aliphatic rings. The maximum Gasteiger partial charge on any atom is 0.396 e. The van der Waals surface area contributed by atoms with Crippen molar-refractivity contribution in [1.82, 2.24) is 4.98 Å². The highest BCUT2D eigenvalue weighted by atomic mass is 19.4. The van der Waals surface area contributed by atoms with E-state index < -0.39 is 23.3 Å². The first-order valence-electron chi connectivity index (χ1n) is 10.0. The number of pyridine rings is 1. The number of hydrogen-bond acceptors (Lipinski definition) is 3. The lowest BCUT2D eigenvalue weighted by Gasteiger charge is -2.24. The third kappa shape index (κ3) is 4.40. The van der Waals surface area contributed by atoms with Crippen molar-refractivity contribution in [2.24, 2.45) is 10.9 Å². The zero-order valence-electron chi connectivity index (χ0n) is 17.2. The third-order valence-electron chi connectivity index (χ3n) is 5.86. The second-order valence-corrected chi connectivity index (χ2v) is 8.05. The summed E-state index contributed by atoms with van der Waals surface area (Å²) in [5.74, 6) is -1.85. The molecular weight excluding hydrogens is 408 g/mol. The van der Waals surface area contributed by atoms with Gasteiger partial charge in [0.15, 0.2) is 0 Å². The van der Waals surface area contributed by atoms with Crippen molar-refractivity contribution in [1.29, 1.82) is 0 Å². The highest BCUT2D eigenvalue weighted by molar-refractivity contribution is 5.91. The topological polar surface area (TPSA) is 34.5 Å². The molecule has 0 saturated heterocycles. The Morgan fingerprint density at radius 1 is 1.16 bits per heavy atom. The van der Waals surface area contributed by atoms with E-state index in [9.17, 15) is 17.6 Å². The summed E-state index contributed by atoms with van der Waals surface area (Å²) in [6, 6.07) is 12.8. The monoisotopic (exact) mass is 430 g/mol. The molecule has 2 aromatic carbocycles. The van der Waals surface area contributed by atoms with E-state index in [2.05, 4.69) is 9.98 Å². The van der Waals surface area contributed by atoms with Crippen LogP contribution in [0.1, 0.15) is 30.5 Å². The van der Waals surface area contributed by atoms with Crippen LogP contribution in [-0.2, 0) is 5.41 Å². The van der Waals surface area contributed by atoms with Crippen molar-refractivity contribution >= 4 is 22.8 Å². The van der Waals surface area contributed by atoms with Gasteiger partial charge < -0.3 is 4.74 Å². The van der Waals surface area contributed by atoms with Crippen LogP contribution >= 0.6 is 0 Å². The van der Waals surface area contributed by atoms with Crippen molar-refractivity contribution in [2.45, 2.75) is 37.8 Å². The Morgan fingerprint density at radius 3 is 2.61 bits per heavy atom. The fourth-order valence-corrected chi connectivity index (χ4v) is 4.03. The fraction of sp³-hybridized carbons (Fsp3) is 0.333. The van der Waals surface area contributed by atoms with Gasteiger partial charge in [0.05, 0.1) is 24.2 Å². The number of alkyl halides is 3. The lowest BCUT2D eigenvalue weighted by Crippen LogP contribution is -2.29. The highest BCUT2D eigenvalue weighted by Crippen LogP contribution is 2.56. The summed E-state index contributed by atoms with van der Waals surface area (Å²) in [4.78, 5) is 8.61. The minimum Gasteiger partial charge on any atom is -0.496 e. The van der Waals surface area contributed by atoms with E-state index in [1.807, 2.05) is 13.0 Å². The predicted octanol–water partition coefficient (Wildman–Crippen LogP) is 6.69. The molecule has 1 fully saturated rings. The van der Waals surface area contributed by atoms with Gasteiger partial charge in [0, 0.05) is 28.3 Å². The van der Waals surface area contributed by atoms with Crippen LogP contribution in [0, 0.1) is 18.7 Å². The zero-order valence-corrected chi connectivity index (χ0v) is 17.2. The molecule has 0 aliphatic heterocycles. The molecule has 1 aromatic heterocycles. The lowest BCUT2D eigenvalue weighted by molar-refractivity contribution is -0.157. The molecule has 162 valence electrons. The molecule has 3 aromatic rings. The first kappa shape index (κ1) is 21.3. The maximum atomic E-state index is 13.9. The quantitative estimate of drug-likeness (QED) is 0.322. The van der Waals surface area contributed by atoms with Crippen molar-refractivity contribution in [2.75, 3.05) is 7.11 Å². The molecule has 4 rings (SSSR count). The maximum absolute atomic E-state index is 13.9. The van der Waals surface area contributed by atoms with Gasteiger partial charge in [-0.25, -0.2) is 4.39 Å². The number of aryl methyl sites for hydroxylation is 1. The number of aliphatic imine (C=N–C) groups is 1. The minimum atomic E-state index is -4.47. The van der Waals surface area contributed by atoms with Crippen LogP contribution in [0.2, 0.25) is 0 Å². The molecule has 31 heavy (non-hydrogen) atoms. The van der Waals surface area contributed by atoms with Crippen LogP contribution in [-0.4, -0.2) is 24.5 Å². The van der Waals surface area contributed by atoms with Gasteiger partial charge in [-0.15, -0.1) is 0 Å². The summed E-state index contributed by atoms with van der Waals surface area (Å²) in [5.41, 5.74) is 1.66. The van der Waals surface area contributed by atoms with Gasteiger partial charge in [0.25, 0.3) is 0 Å². The Labute approximate surface area is 177 Å². The largest absolute Gasteiger partial charge is 0.496 e. The number of rotatable bonds is 6. The van der Waals surface area contributed by atoms with E-state index in [0.717, 1.165) is 11.9 Å². The van der Waals surface area contributed by atoms with E-state index in [4.69, 9.17) is 4.74 Å². The summed E-state index contributed by atoms with van der Waals surface area (Å²) in [6.07, 6.45) is -2.61. The molecule has 1 heterocycles. The molecular formula is C24H22F4N2O. The Balaban J connectivity index is 1.67. The average molecular weight is 430 g/mol. The summed E-state index contributed by atoms with van der Waals surface area (Å²) in [6.45, 7) is 1.85. The van der Waals surface area contributed by atoms with E-state index in [0.29, 0.717) is 40.7 Å². The molecule has 0 N–H and O–H groups in total. The smallest absolute Gasteiger partial charge is 0.396 e. The normalized spacial score (nSPS) is 16.6. The van der Waals surface area contributed by atoms with Gasteiger partial charge in [-0.05, 0) is 68.7 Å². The highest BCUT2D eigenvalue weighted by Gasteiger charge is 2.52. The first-order valence-corrected chi connectivity index (χ1v) is 10.0. The lowest BCUT2D eigenvalue weighted by atomic mass is 9.85. The Morgan fingerprint density at radius 2 is 1.94 bits per heavy atom. The number of methoxy groups -OCH3 is 1. The van der Waals surface area contributed by atoms with Crippen molar-refractivity contribution in [3.8, 4) is 5.75 Å². The second-order valence-electron chi connectivity index (χ2n) is 8.05. The standard InChI is InChI=1S/C24H22F4N2O/c1-15-6-8-18-20(4-3-5-21(18)30-15)29-14-16(24(26,27)28)13-23(10-11-23)19-12-17(25)7-9-22(19)31-2/h3-9,12,14,16H,10-11,13H2,1-2H3. The Hall–Kier alpha value is -2.96. The molecule has 1 saturated carbocycles. The Bertz CT molecular complexity index is 1140. The van der Waals surface area contributed by atoms with Gasteiger partial charge in [0.1, 0.15) is 11.6 Å². The fourth-order valence-electron chi connectivity index (χ4n) is 4.03. The molecule has 1 unspecified atom stereocenters. The average Bonchev–Trinajstić information content (AvgIpc) is 3.50. The molecule has 7 heteroatoms. The summed E-state index contributed by atoms with van der Waals surface area (Å²) in [5, 5.41) is 0.693. The van der Waals surface area contributed by atoms with E-state index in [1.165, 1.54) is 25.3 Å². The van der Waals surface area contributed by atoms with Crippen molar-refractivity contribution in [3.05, 3.63) is 65.6 Å². The number of fused-ring (bicyclic) bond motifs is 1. The SMILES string of the molecule is COc1ccc(F)cc1C1(CC(C=Nc2cccc3nc(C)ccc23)C(F)(F)F)CC1. The van der Waals surface area contributed by atoms with Gasteiger partial charge in [-0.3, -0.25) is 9.98 Å². The summed E-state index contributed by atoms with van der Waals surface area (Å²) < 4.78 is 60.9. The number of nitrogens with zero attached hydrogens (tertiary/aromatic N) is 2. The van der Waals surface area contributed by atoms with Crippen LogP contribution in [0.4, 0.5) is 23.2 Å². The molecule has 1 aliphatic carbocycles. The van der Waals surface area contributed by atoms with Crippen LogP contribution in [0.25, 0.3) is 10.9 Å². The first-order chi connectivity index (χ1) is 14.7. The summed E-state index contributed by atoms with van der Waals surface area (Å²) in [7, 11) is 1.44. The van der Waals surface area contributed by atoms with Gasteiger partial charge >= 0.3 is 6.18 Å². The number of aromatic nitrogens is 1. The van der Waals surface area contributed by atoms with Crippen molar-refractivity contribution in [3.63, 3.8) is 0 Å². The number of benzene rings is 2. The van der Waals surface area contributed by atoms with Crippen LogP contribution in [0.5, 0.6) is 5.75 Å². The van der Waals surface area contributed by atoms with Gasteiger partial charge in [0.2, 0.25) is 0 Å². The third-order valence-corrected chi connectivity index (χ3v) is 5.86. The second kappa shape index (κ2) is 7.94. The molecule has 0 spiro atoms. The van der Waals surface area contributed by atoms with Crippen LogP contribution in [0.3, 0.4) is 0 Å². The van der Waals surface area contributed by atoms with Crippen molar-refractivity contribution < 1.29 is 22.3 Å². The molecule has 0 bridgehead atoms. The van der Waals surface area contributed by atoms with Crippen LogP contribution in [0.15, 0.2) is 53.5 Å².